The molecule has 0 spiro atoms. The molecule has 0 aliphatic carbocycles. The van der Waals surface area contributed by atoms with Gasteiger partial charge in [-0.05, 0) is 24.6 Å². The fourth-order valence-electron chi connectivity index (χ4n) is 3.36. The second-order valence-corrected chi connectivity index (χ2v) is 6.96. The monoisotopic (exact) mass is 431 g/mol. The second kappa shape index (κ2) is 8.34. The molecule has 11 heteroatoms. The molecule has 4 heterocycles. The van der Waals surface area contributed by atoms with E-state index in [-0.39, 0.29) is 6.04 Å². The Labute approximate surface area is 175 Å². The molecule has 0 amide bonds. The van der Waals surface area contributed by atoms with Gasteiger partial charge in [-0.1, -0.05) is 12.7 Å². The zero-order chi connectivity index (χ0) is 22.0. The van der Waals surface area contributed by atoms with Gasteiger partial charge in [-0.25, -0.2) is 4.98 Å². The molecule has 0 bridgehead atoms. The highest BCUT2D eigenvalue weighted by molar-refractivity contribution is 5.89. The Bertz CT molecular complexity index is 1130. The van der Waals surface area contributed by atoms with Gasteiger partial charge in [0.05, 0.1) is 31.6 Å². The Balaban J connectivity index is 1.93. The van der Waals surface area contributed by atoms with Gasteiger partial charge in [0.1, 0.15) is 11.5 Å². The summed E-state index contributed by atoms with van der Waals surface area (Å²) in [5.41, 5.74) is -0.339. The van der Waals surface area contributed by atoms with E-state index in [1.165, 1.54) is 17.0 Å². The van der Waals surface area contributed by atoms with Gasteiger partial charge in [0, 0.05) is 24.2 Å². The number of hydrogen-bond acceptors (Lipinski definition) is 6. The molecule has 31 heavy (non-hydrogen) atoms. The Morgan fingerprint density at radius 3 is 2.94 bits per heavy atom. The molecule has 0 radical (unpaired) electrons. The van der Waals surface area contributed by atoms with Crippen LogP contribution in [0.25, 0.3) is 22.9 Å². The van der Waals surface area contributed by atoms with E-state index in [0.29, 0.717) is 48.0 Å². The number of H-pyrrole nitrogens is 1. The van der Waals surface area contributed by atoms with E-state index in [4.69, 9.17) is 9.72 Å². The van der Waals surface area contributed by atoms with Crippen molar-refractivity contribution >= 4 is 29.1 Å². The number of hydrogen-bond donors (Lipinski definition) is 1. The largest absolute Gasteiger partial charge is 0.433 e. The van der Waals surface area contributed by atoms with E-state index in [0.717, 1.165) is 12.3 Å². The summed E-state index contributed by atoms with van der Waals surface area (Å²) in [6.45, 7) is 6.95. The highest BCUT2D eigenvalue weighted by Crippen LogP contribution is 2.32. The minimum atomic E-state index is -4.64. The molecule has 162 valence electrons. The van der Waals surface area contributed by atoms with Crippen LogP contribution in [0.1, 0.15) is 12.5 Å². The minimum absolute atomic E-state index is 0.0138. The average Bonchev–Trinajstić information content (AvgIpc) is 3.40. The normalized spacial score (nSPS) is 18.3. The minimum Gasteiger partial charge on any atom is -0.377 e. The van der Waals surface area contributed by atoms with E-state index in [1.54, 1.807) is 18.3 Å². The van der Waals surface area contributed by atoms with Crippen LogP contribution in [0.3, 0.4) is 0 Å². The molecular formula is C20H20F3N7O. The predicted molar refractivity (Wildman–Crippen MR) is 111 cm³/mol. The Kier molecular flexibility index (Phi) is 5.59. The summed E-state index contributed by atoms with van der Waals surface area (Å²) in [6.07, 6.45) is 1.60. The Morgan fingerprint density at radius 2 is 2.26 bits per heavy atom. The Morgan fingerprint density at radius 1 is 1.42 bits per heavy atom. The molecule has 1 aliphatic heterocycles. The van der Waals surface area contributed by atoms with Crippen LogP contribution in [0.2, 0.25) is 0 Å². The first-order chi connectivity index (χ1) is 14.9. The van der Waals surface area contributed by atoms with Crippen molar-refractivity contribution in [3.8, 4) is 5.82 Å². The van der Waals surface area contributed by atoms with Crippen molar-refractivity contribution in [3.63, 3.8) is 0 Å². The van der Waals surface area contributed by atoms with Crippen LogP contribution < -0.4 is 4.90 Å². The summed E-state index contributed by atoms with van der Waals surface area (Å²) in [6, 6.07) is 3.33. The quantitative estimate of drug-likeness (QED) is 0.625. The second-order valence-electron chi connectivity index (χ2n) is 6.96. The highest BCUT2D eigenvalue weighted by Gasteiger charge is 2.34. The van der Waals surface area contributed by atoms with Crippen LogP contribution in [0.5, 0.6) is 0 Å². The van der Waals surface area contributed by atoms with E-state index in [1.807, 2.05) is 11.8 Å². The lowest BCUT2D eigenvalue weighted by Gasteiger charge is -2.34. The van der Waals surface area contributed by atoms with Crippen molar-refractivity contribution in [2.75, 3.05) is 24.7 Å². The zero-order valence-corrected chi connectivity index (χ0v) is 16.7. The van der Waals surface area contributed by atoms with Crippen molar-refractivity contribution < 1.29 is 17.9 Å². The number of alkyl halides is 3. The van der Waals surface area contributed by atoms with Crippen LogP contribution in [0.15, 0.2) is 47.9 Å². The summed E-state index contributed by atoms with van der Waals surface area (Å²) < 4.78 is 47.7. The van der Waals surface area contributed by atoms with Gasteiger partial charge in [0.25, 0.3) is 0 Å². The van der Waals surface area contributed by atoms with Crippen molar-refractivity contribution in [1.29, 1.82) is 0 Å². The number of pyridine rings is 1. The van der Waals surface area contributed by atoms with Crippen molar-refractivity contribution in [2.24, 2.45) is 4.99 Å². The third-order valence-electron chi connectivity index (χ3n) is 4.84. The lowest BCUT2D eigenvalue weighted by molar-refractivity contribution is -0.0912. The molecule has 1 aliphatic rings. The molecule has 0 aromatic carbocycles. The molecule has 3 aromatic rings. The fraction of sp³-hybridized carbons (Fsp3) is 0.300. The van der Waals surface area contributed by atoms with Crippen molar-refractivity contribution in [1.82, 2.24) is 25.0 Å². The predicted octanol–water partition coefficient (Wildman–Crippen LogP) is 3.53. The number of rotatable bonds is 5. The lowest BCUT2D eigenvalue weighted by atomic mass is 10.1. The molecule has 1 saturated heterocycles. The first kappa shape index (κ1) is 20.8. The molecule has 1 N–H and O–H groups in total. The Hall–Kier alpha value is -3.47. The maximum atomic E-state index is 13.6. The number of nitrogens with zero attached hydrogens (tertiary/aromatic N) is 6. The van der Waals surface area contributed by atoms with Gasteiger partial charge in [-0.3, -0.25) is 10.1 Å². The van der Waals surface area contributed by atoms with E-state index in [2.05, 4.69) is 26.9 Å². The summed E-state index contributed by atoms with van der Waals surface area (Å²) >= 11 is 0. The number of nitrogens with one attached hydrogen (secondary N) is 1. The fourth-order valence-corrected chi connectivity index (χ4v) is 3.36. The standard InChI is InChI=1S/C20H20F3N7O/c1-3-5-24-16(20(21,22)23)9-14-10-18(29-7-8-31-12-13(29)2)27-19-15(14)11-26-30(19)17-4-6-25-28-17/h3-6,9-11,13H,1,7-8,12H2,2H3,(H,25,28)/b16-9+,24-5?/t13-/m1/s1. The summed E-state index contributed by atoms with van der Waals surface area (Å²) in [5, 5.41) is 11.5. The summed E-state index contributed by atoms with van der Waals surface area (Å²) in [7, 11) is 0. The summed E-state index contributed by atoms with van der Waals surface area (Å²) in [4.78, 5) is 10.2. The number of ether oxygens (including phenoxy) is 1. The van der Waals surface area contributed by atoms with Crippen molar-refractivity contribution in [3.05, 3.63) is 48.4 Å². The number of morpholine rings is 1. The third kappa shape index (κ3) is 4.22. The average molecular weight is 431 g/mol. The number of aromatic amines is 1. The molecule has 8 nitrogen and oxygen atoms in total. The lowest BCUT2D eigenvalue weighted by Crippen LogP contribution is -2.44. The van der Waals surface area contributed by atoms with E-state index >= 15 is 0 Å². The number of anilines is 1. The number of fused-ring (bicyclic) bond motifs is 1. The molecule has 4 rings (SSSR count). The first-order valence-electron chi connectivity index (χ1n) is 9.55. The molecule has 3 aromatic heterocycles. The van der Waals surface area contributed by atoms with Crippen molar-refractivity contribution in [2.45, 2.75) is 19.1 Å². The van der Waals surface area contributed by atoms with Gasteiger partial charge < -0.3 is 9.64 Å². The topological polar surface area (TPSA) is 84.2 Å². The van der Waals surface area contributed by atoms with Crippen LogP contribution in [-0.2, 0) is 4.74 Å². The summed E-state index contributed by atoms with van der Waals surface area (Å²) in [5.74, 6) is 1.08. The van der Waals surface area contributed by atoms with E-state index in [9.17, 15) is 13.2 Å². The van der Waals surface area contributed by atoms with Crippen LogP contribution in [0.4, 0.5) is 19.0 Å². The number of halogens is 3. The van der Waals surface area contributed by atoms with Gasteiger partial charge in [0.15, 0.2) is 11.5 Å². The SMILES string of the molecule is C=CC=N/C(=C/c1cc(N2CCOC[C@H]2C)nc2c1cnn2-c1ccn[nH]1)C(F)(F)F. The number of aliphatic imine (C=N–C) groups is 1. The third-order valence-corrected chi connectivity index (χ3v) is 4.84. The number of allylic oxidation sites excluding steroid dienone is 2. The van der Waals surface area contributed by atoms with E-state index < -0.39 is 11.9 Å². The van der Waals surface area contributed by atoms with Gasteiger partial charge in [-0.15, -0.1) is 0 Å². The van der Waals surface area contributed by atoms with Gasteiger partial charge >= 0.3 is 6.18 Å². The van der Waals surface area contributed by atoms with Crippen LogP contribution in [-0.4, -0.2) is 63.2 Å². The maximum Gasteiger partial charge on any atom is 0.433 e. The highest BCUT2D eigenvalue weighted by atomic mass is 19.4. The molecule has 0 saturated carbocycles. The van der Waals surface area contributed by atoms with Crippen LogP contribution in [0, 0.1) is 0 Å². The van der Waals surface area contributed by atoms with Crippen LogP contribution >= 0.6 is 0 Å². The van der Waals surface area contributed by atoms with Gasteiger partial charge in [0.2, 0.25) is 0 Å². The molecular weight excluding hydrogens is 411 g/mol. The first-order valence-corrected chi connectivity index (χ1v) is 9.55. The maximum absolute atomic E-state index is 13.6. The molecule has 1 atom stereocenters. The molecule has 0 unspecified atom stereocenters. The molecule has 1 fully saturated rings. The number of aromatic nitrogens is 5. The smallest absolute Gasteiger partial charge is 0.377 e. The van der Waals surface area contributed by atoms with Gasteiger partial charge in [-0.2, -0.15) is 28.1 Å². The zero-order valence-electron chi connectivity index (χ0n) is 16.7.